The van der Waals surface area contributed by atoms with Crippen LogP contribution in [0, 0.1) is 19.7 Å². The number of fused-ring (bicyclic) bond motifs is 1. The number of amides is 1. The van der Waals surface area contributed by atoms with E-state index in [9.17, 15) is 19.1 Å². The summed E-state index contributed by atoms with van der Waals surface area (Å²) < 4.78 is 13.1. The Morgan fingerprint density at radius 2 is 1.78 bits per heavy atom. The molecule has 5 nitrogen and oxygen atoms in total. The third kappa shape index (κ3) is 4.06. The molecule has 0 fully saturated rings. The summed E-state index contributed by atoms with van der Waals surface area (Å²) in [5.74, 6) is -0.805. The normalized spacial score (nSPS) is 11.0. The Balaban J connectivity index is 1.95. The van der Waals surface area contributed by atoms with Crippen molar-refractivity contribution in [3.8, 4) is 0 Å². The number of aromatic amines is 1. The molecule has 2 aromatic carbocycles. The van der Waals surface area contributed by atoms with Gasteiger partial charge in [-0.05, 0) is 72.8 Å². The van der Waals surface area contributed by atoms with Gasteiger partial charge in [-0.3, -0.25) is 9.59 Å². The highest BCUT2D eigenvalue weighted by molar-refractivity contribution is 5.94. The largest absolute Gasteiger partial charge is 0.395 e. The zero-order valence-electron chi connectivity index (χ0n) is 15.3. The summed E-state index contributed by atoms with van der Waals surface area (Å²) in [4.78, 5) is 29.4. The topological polar surface area (TPSA) is 73.4 Å². The van der Waals surface area contributed by atoms with E-state index >= 15 is 0 Å². The van der Waals surface area contributed by atoms with Crippen molar-refractivity contribution in [3.63, 3.8) is 0 Å². The van der Waals surface area contributed by atoms with Gasteiger partial charge < -0.3 is 15.0 Å². The van der Waals surface area contributed by atoms with Crippen LogP contribution in [0.15, 0.2) is 47.3 Å². The second-order valence-electron chi connectivity index (χ2n) is 6.60. The molecule has 0 aliphatic rings. The average molecular weight is 368 g/mol. The lowest BCUT2D eigenvalue weighted by Crippen LogP contribution is -2.35. The number of benzene rings is 2. The van der Waals surface area contributed by atoms with Gasteiger partial charge in [0.05, 0.1) is 13.2 Å². The minimum atomic E-state index is -0.433. The number of aryl methyl sites for hydroxylation is 2. The molecule has 2 N–H and O–H groups in total. The van der Waals surface area contributed by atoms with Gasteiger partial charge in [-0.1, -0.05) is 0 Å². The quantitative estimate of drug-likeness (QED) is 0.727. The zero-order chi connectivity index (χ0) is 19.6. The number of rotatable bonds is 5. The number of H-pyrrole nitrogens is 1. The van der Waals surface area contributed by atoms with Crippen LogP contribution in [0.3, 0.4) is 0 Å². The van der Waals surface area contributed by atoms with Crippen molar-refractivity contribution in [2.45, 2.75) is 20.4 Å². The maximum absolute atomic E-state index is 13.1. The Labute approximate surface area is 156 Å². The van der Waals surface area contributed by atoms with Crippen molar-refractivity contribution in [2.24, 2.45) is 0 Å². The molecule has 0 unspecified atom stereocenters. The number of carbonyl (C=O) groups excluding carboxylic acids is 1. The molecule has 0 radical (unpaired) electrons. The Morgan fingerprint density at radius 1 is 1.11 bits per heavy atom. The van der Waals surface area contributed by atoms with Gasteiger partial charge in [-0.2, -0.15) is 0 Å². The van der Waals surface area contributed by atoms with Gasteiger partial charge >= 0.3 is 0 Å². The van der Waals surface area contributed by atoms with Crippen LogP contribution in [-0.4, -0.2) is 34.0 Å². The van der Waals surface area contributed by atoms with E-state index in [2.05, 4.69) is 4.98 Å². The van der Waals surface area contributed by atoms with E-state index < -0.39 is 5.82 Å². The summed E-state index contributed by atoms with van der Waals surface area (Å²) in [6, 6.07) is 10.9. The molecule has 140 valence electrons. The van der Waals surface area contributed by atoms with Crippen LogP contribution in [-0.2, 0) is 6.54 Å². The van der Waals surface area contributed by atoms with Crippen molar-refractivity contribution in [1.82, 2.24) is 9.88 Å². The van der Waals surface area contributed by atoms with E-state index in [-0.39, 0.29) is 31.2 Å². The smallest absolute Gasteiger partial charge is 0.254 e. The van der Waals surface area contributed by atoms with E-state index in [1.807, 2.05) is 26.0 Å². The molecular weight excluding hydrogens is 347 g/mol. The first-order chi connectivity index (χ1) is 12.9. The number of aromatic nitrogens is 1. The standard InChI is InChI=1S/C21H21FN2O3/c1-13-9-16-11-17(20(26)23-19(16)10-14(13)2)12-24(7-8-25)21(27)15-3-5-18(22)6-4-15/h3-6,9-11,25H,7-8,12H2,1-2H3,(H,23,26). The molecule has 3 aromatic rings. The van der Waals surface area contributed by atoms with Crippen molar-refractivity contribution in [3.05, 3.63) is 80.9 Å². The molecule has 27 heavy (non-hydrogen) atoms. The monoisotopic (exact) mass is 368 g/mol. The van der Waals surface area contributed by atoms with Crippen LogP contribution in [0.25, 0.3) is 10.9 Å². The number of hydrogen-bond donors (Lipinski definition) is 2. The molecular formula is C21H21FN2O3. The first kappa shape index (κ1) is 18.8. The molecule has 1 amide bonds. The third-order valence-electron chi connectivity index (χ3n) is 4.64. The predicted octanol–water partition coefficient (Wildman–Crippen LogP) is 2.92. The van der Waals surface area contributed by atoms with Gasteiger partial charge in [0, 0.05) is 23.2 Å². The molecule has 0 bridgehead atoms. The van der Waals surface area contributed by atoms with Crippen LogP contribution in [0.4, 0.5) is 4.39 Å². The number of halogens is 1. The van der Waals surface area contributed by atoms with Crippen LogP contribution in [0.2, 0.25) is 0 Å². The molecule has 0 spiro atoms. The van der Waals surface area contributed by atoms with E-state index in [0.717, 1.165) is 22.0 Å². The van der Waals surface area contributed by atoms with Crippen molar-refractivity contribution < 1.29 is 14.3 Å². The lowest BCUT2D eigenvalue weighted by Gasteiger charge is -2.22. The predicted molar refractivity (Wildman–Crippen MR) is 102 cm³/mol. The van der Waals surface area contributed by atoms with Gasteiger partial charge in [-0.25, -0.2) is 4.39 Å². The molecule has 1 heterocycles. The number of nitrogens with zero attached hydrogens (tertiary/aromatic N) is 1. The third-order valence-corrected chi connectivity index (χ3v) is 4.64. The van der Waals surface area contributed by atoms with Crippen LogP contribution < -0.4 is 5.56 Å². The first-order valence-electron chi connectivity index (χ1n) is 8.68. The summed E-state index contributed by atoms with van der Waals surface area (Å²) in [6.45, 7) is 3.85. The van der Waals surface area contributed by atoms with Gasteiger partial charge in [0.1, 0.15) is 5.82 Å². The summed E-state index contributed by atoms with van der Waals surface area (Å²) in [5.41, 5.74) is 3.38. The number of aliphatic hydroxyl groups is 1. The van der Waals surface area contributed by atoms with Gasteiger partial charge in [0.15, 0.2) is 0 Å². The minimum absolute atomic E-state index is 0.0506. The molecule has 0 saturated heterocycles. The molecule has 6 heteroatoms. The van der Waals surface area contributed by atoms with Crippen LogP contribution in [0.1, 0.15) is 27.0 Å². The Kier molecular flexibility index (Phi) is 5.37. The second-order valence-corrected chi connectivity index (χ2v) is 6.60. The number of aliphatic hydroxyl groups excluding tert-OH is 1. The molecule has 0 saturated carbocycles. The summed E-state index contributed by atoms with van der Waals surface area (Å²) in [6.07, 6.45) is 0. The molecule has 0 atom stereocenters. The summed E-state index contributed by atoms with van der Waals surface area (Å²) in [7, 11) is 0. The molecule has 0 aliphatic carbocycles. The number of pyridine rings is 1. The maximum Gasteiger partial charge on any atom is 0.254 e. The number of hydrogen-bond acceptors (Lipinski definition) is 3. The average Bonchev–Trinajstić information content (AvgIpc) is 2.63. The van der Waals surface area contributed by atoms with Crippen LogP contribution >= 0.6 is 0 Å². The maximum atomic E-state index is 13.1. The van der Waals surface area contributed by atoms with Crippen molar-refractivity contribution >= 4 is 16.8 Å². The van der Waals surface area contributed by atoms with Crippen molar-refractivity contribution in [1.29, 1.82) is 0 Å². The Morgan fingerprint density at radius 3 is 2.44 bits per heavy atom. The lowest BCUT2D eigenvalue weighted by atomic mass is 10.0. The van der Waals surface area contributed by atoms with Gasteiger partial charge in [0.2, 0.25) is 0 Å². The highest BCUT2D eigenvalue weighted by Crippen LogP contribution is 2.18. The van der Waals surface area contributed by atoms with E-state index in [1.54, 1.807) is 6.07 Å². The first-order valence-corrected chi connectivity index (χ1v) is 8.68. The Bertz CT molecular complexity index is 1040. The SMILES string of the molecule is Cc1cc2cc(CN(CCO)C(=O)c3ccc(F)cc3)c(=O)[nH]c2cc1C. The molecule has 3 rings (SSSR count). The molecule has 0 aliphatic heterocycles. The van der Waals surface area contributed by atoms with E-state index in [4.69, 9.17) is 0 Å². The fourth-order valence-electron chi connectivity index (χ4n) is 2.99. The molecule has 1 aromatic heterocycles. The van der Waals surface area contributed by atoms with E-state index in [0.29, 0.717) is 11.1 Å². The zero-order valence-corrected chi connectivity index (χ0v) is 15.3. The summed E-state index contributed by atoms with van der Waals surface area (Å²) in [5, 5.41) is 10.2. The van der Waals surface area contributed by atoms with Crippen LogP contribution in [0.5, 0.6) is 0 Å². The fraction of sp³-hybridized carbons (Fsp3) is 0.238. The van der Waals surface area contributed by atoms with Gasteiger partial charge in [0.25, 0.3) is 11.5 Å². The number of nitrogens with one attached hydrogen (secondary N) is 1. The number of carbonyl (C=O) groups is 1. The van der Waals surface area contributed by atoms with E-state index in [1.165, 1.54) is 29.2 Å². The minimum Gasteiger partial charge on any atom is -0.395 e. The van der Waals surface area contributed by atoms with Gasteiger partial charge in [-0.15, -0.1) is 0 Å². The fourth-order valence-corrected chi connectivity index (χ4v) is 2.99. The van der Waals surface area contributed by atoms with Crippen molar-refractivity contribution in [2.75, 3.05) is 13.2 Å². The summed E-state index contributed by atoms with van der Waals surface area (Å²) >= 11 is 0. The second kappa shape index (κ2) is 7.72. The highest BCUT2D eigenvalue weighted by Gasteiger charge is 2.18. The Hall–Kier alpha value is -2.99. The lowest BCUT2D eigenvalue weighted by molar-refractivity contribution is 0.0707. The highest BCUT2D eigenvalue weighted by atomic mass is 19.1.